The Morgan fingerprint density at radius 3 is 2.53 bits per heavy atom. The monoisotopic (exact) mass is 237 g/mol. The molecule has 96 valence electrons. The first-order valence-corrected chi connectivity index (χ1v) is 6.05. The van der Waals surface area contributed by atoms with Crippen LogP contribution in [0.25, 0.3) is 0 Å². The molecule has 3 nitrogen and oxygen atoms in total. The van der Waals surface area contributed by atoms with Crippen molar-refractivity contribution in [3.8, 4) is 11.5 Å². The van der Waals surface area contributed by atoms with Gasteiger partial charge >= 0.3 is 0 Å². The second-order valence-electron chi connectivity index (χ2n) is 5.43. The van der Waals surface area contributed by atoms with E-state index in [0.29, 0.717) is 12.3 Å². The largest absolute Gasteiger partial charge is 0.508 e. The third-order valence-corrected chi connectivity index (χ3v) is 2.69. The molecule has 0 aromatic heterocycles. The molecule has 0 bridgehead atoms. The number of rotatable bonds is 4. The fourth-order valence-electron chi connectivity index (χ4n) is 1.72. The number of phenolic OH excluding ortho intramolecular Hbond substituents is 1. The van der Waals surface area contributed by atoms with E-state index in [1.165, 1.54) is 0 Å². The fraction of sp³-hybridized carbons (Fsp3) is 0.571. The Kier molecular flexibility index (Phi) is 4.40. The minimum atomic E-state index is -0.0967. The first-order chi connectivity index (χ1) is 7.84. The molecule has 1 unspecified atom stereocenters. The van der Waals surface area contributed by atoms with Crippen LogP contribution in [0.1, 0.15) is 39.7 Å². The highest BCUT2D eigenvalue weighted by atomic mass is 16.5. The quantitative estimate of drug-likeness (QED) is 0.846. The van der Waals surface area contributed by atoms with E-state index in [4.69, 9.17) is 10.5 Å². The molecule has 0 radical (unpaired) electrons. The number of aromatic hydroxyl groups is 1. The van der Waals surface area contributed by atoms with Gasteiger partial charge in [0.15, 0.2) is 0 Å². The molecule has 0 aliphatic heterocycles. The Labute approximate surface area is 104 Å². The van der Waals surface area contributed by atoms with Crippen LogP contribution in [0.5, 0.6) is 11.5 Å². The van der Waals surface area contributed by atoms with Gasteiger partial charge in [-0.2, -0.15) is 0 Å². The van der Waals surface area contributed by atoms with E-state index in [1.807, 2.05) is 13.0 Å². The summed E-state index contributed by atoms with van der Waals surface area (Å²) in [4.78, 5) is 0. The summed E-state index contributed by atoms with van der Waals surface area (Å²) in [6, 6.07) is 5.38. The van der Waals surface area contributed by atoms with Gasteiger partial charge in [-0.1, -0.05) is 20.8 Å². The van der Waals surface area contributed by atoms with Crippen molar-refractivity contribution in [3.05, 3.63) is 23.8 Å². The molecule has 0 aliphatic rings. The van der Waals surface area contributed by atoms with Crippen LogP contribution in [0.3, 0.4) is 0 Å². The van der Waals surface area contributed by atoms with Crippen LogP contribution in [0.4, 0.5) is 0 Å². The first-order valence-electron chi connectivity index (χ1n) is 6.05. The van der Waals surface area contributed by atoms with Crippen LogP contribution in [0, 0.1) is 0 Å². The molecular weight excluding hydrogens is 214 g/mol. The third kappa shape index (κ3) is 3.93. The van der Waals surface area contributed by atoms with Crippen molar-refractivity contribution in [1.82, 2.24) is 0 Å². The van der Waals surface area contributed by atoms with Gasteiger partial charge in [-0.15, -0.1) is 0 Å². The summed E-state index contributed by atoms with van der Waals surface area (Å²) < 4.78 is 5.75. The van der Waals surface area contributed by atoms with Crippen molar-refractivity contribution in [1.29, 1.82) is 0 Å². The SMILES string of the molecule is CC(CCN)Oc1ccc(O)c(C(C)(C)C)c1. The lowest BCUT2D eigenvalue weighted by molar-refractivity contribution is 0.213. The molecule has 3 heteroatoms. The summed E-state index contributed by atoms with van der Waals surface area (Å²) in [5, 5.41) is 9.83. The Hall–Kier alpha value is -1.22. The highest BCUT2D eigenvalue weighted by Gasteiger charge is 2.19. The van der Waals surface area contributed by atoms with Crippen LogP contribution >= 0.6 is 0 Å². The number of nitrogens with two attached hydrogens (primary N) is 1. The van der Waals surface area contributed by atoms with E-state index in [2.05, 4.69) is 20.8 Å². The van der Waals surface area contributed by atoms with Crippen molar-refractivity contribution < 1.29 is 9.84 Å². The van der Waals surface area contributed by atoms with E-state index < -0.39 is 0 Å². The van der Waals surface area contributed by atoms with Crippen molar-refractivity contribution >= 4 is 0 Å². The van der Waals surface area contributed by atoms with Crippen LogP contribution in [0.2, 0.25) is 0 Å². The topological polar surface area (TPSA) is 55.5 Å². The summed E-state index contributed by atoms with van der Waals surface area (Å²) in [7, 11) is 0. The number of benzene rings is 1. The Bertz CT molecular complexity index is 369. The Morgan fingerprint density at radius 1 is 1.35 bits per heavy atom. The molecule has 0 heterocycles. The maximum atomic E-state index is 9.83. The molecule has 1 aromatic carbocycles. The van der Waals surface area contributed by atoms with Gasteiger partial charge in [-0.05, 0) is 43.5 Å². The lowest BCUT2D eigenvalue weighted by Gasteiger charge is -2.22. The molecule has 0 amide bonds. The second-order valence-corrected chi connectivity index (χ2v) is 5.43. The summed E-state index contributed by atoms with van der Waals surface area (Å²) in [6.45, 7) is 8.81. The van der Waals surface area contributed by atoms with Gasteiger partial charge in [0, 0.05) is 5.56 Å². The molecule has 0 spiro atoms. The summed E-state index contributed by atoms with van der Waals surface area (Å²) >= 11 is 0. The lowest BCUT2D eigenvalue weighted by Crippen LogP contribution is -2.17. The average molecular weight is 237 g/mol. The van der Waals surface area contributed by atoms with Gasteiger partial charge < -0.3 is 15.6 Å². The van der Waals surface area contributed by atoms with Crippen LogP contribution in [-0.2, 0) is 5.41 Å². The van der Waals surface area contributed by atoms with E-state index in [-0.39, 0.29) is 11.5 Å². The van der Waals surface area contributed by atoms with Gasteiger partial charge in [0.2, 0.25) is 0 Å². The predicted molar refractivity (Wildman–Crippen MR) is 70.6 cm³/mol. The van der Waals surface area contributed by atoms with Crippen molar-refractivity contribution in [2.24, 2.45) is 5.73 Å². The van der Waals surface area contributed by atoms with E-state index in [0.717, 1.165) is 17.7 Å². The average Bonchev–Trinajstić information content (AvgIpc) is 2.19. The van der Waals surface area contributed by atoms with Gasteiger partial charge in [-0.25, -0.2) is 0 Å². The normalized spacial score (nSPS) is 13.5. The maximum Gasteiger partial charge on any atom is 0.120 e. The summed E-state index contributed by atoms with van der Waals surface area (Å²) in [5.41, 5.74) is 6.29. The van der Waals surface area contributed by atoms with Crippen LogP contribution in [0.15, 0.2) is 18.2 Å². The molecule has 0 saturated heterocycles. The van der Waals surface area contributed by atoms with Gasteiger partial charge in [0.05, 0.1) is 6.10 Å². The third-order valence-electron chi connectivity index (χ3n) is 2.69. The highest BCUT2D eigenvalue weighted by molar-refractivity contribution is 5.43. The molecule has 1 rings (SSSR count). The molecule has 1 aromatic rings. The molecule has 17 heavy (non-hydrogen) atoms. The zero-order valence-electron chi connectivity index (χ0n) is 11.2. The van der Waals surface area contributed by atoms with E-state index >= 15 is 0 Å². The predicted octanol–water partition coefficient (Wildman–Crippen LogP) is 2.81. The smallest absolute Gasteiger partial charge is 0.120 e. The van der Waals surface area contributed by atoms with Gasteiger partial charge in [0.25, 0.3) is 0 Å². The zero-order valence-corrected chi connectivity index (χ0v) is 11.2. The Balaban J connectivity index is 2.89. The van der Waals surface area contributed by atoms with E-state index in [9.17, 15) is 5.11 Å². The fourth-order valence-corrected chi connectivity index (χ4v) is 1.72. The first kappa shape index (κ1) is 13.8. The number of ether oxygens (including phenoxy) is 1. The highest BCUT2D eigenvalue weighted by Crippen LogP contribution is 2.33. The van der Waals surface area contributed by atoms with Crippen molar-refractivity contribution in [2.75, 3.05) is 6.54 Å². The van der Waals surface area contributed by atoms with Crippen molar-refractivity contribution in [2.45, 2.75) is 45.6 Å². The lowest BCUT2D eigenvalue weighted by atomic mass is 9.86. The molecule has 0 aliphatic carbocycles. The molecule has 3 N–H and O–H groups in total. The number of phenols is 1. The second kappa shape index (κ2) is 5.41. The molecular formula is C14H23NO2. The molecule has 1 atom stereocenters. The number of hydrogen-bond donors (Lipinski definition) is 2. The van der Waals surface area contributed by atoms with E-state index in [1.54, 1.807) is 12.1 Å². The summed E-state index contributed by atoms with van der Waals surface area (Å²) in [6.07, 6.45) is 0.920. The zero-order chi connectivity index (χ0) is 13.1. The van der Waals surface area contributed by atoms with Gasteiger partial charge in [-0.3, -0.25) is 0 Å². The van der Waals surface area contributed by atoms with Crippen LogP contribution in [-0.4, -0.2) is 17.8 Å². The Morgan fingerprint density at radius 2 is 2.00 bits per heavy atom. The standard InChI is InChI=1S/C14H23NO2/c1-10(7-8-15)17-11-5-6-13(16)12(9-11)14(2,3)4/h5-6,9-10,16H,7-8,15H2,1-4H3. The number of hydrogen-bond acceptors (Lipinski definition) is 3. The maximum absolute atomic E-state index is 9.83. The van der Waals surface area contributed by atoms with Gasteiger partial charge in [0.1, 0.15) is 11.5 Å². The molecule has 0 saturated carbocycles. The molecule has 0 fully saturated rings. The summed E-state index contributed by atoms with van der Waals surface area (Å²) in [5.74, 6) is 1.10. The van der Waals surface area contributed by atoms with Crippen molar-refractivity contribution in [3.63, 3.8) is 0 Å². The minimum absolute atomic E-state index is 0.0948. The van der Waals surface area contributed by atoms with Crippen LogP contribution < -0.4 is 10.5 Å². The minimum Gasteiger partial charge on any atom is -0.508 e.